The summed E-state index contributed by atoms with van der Waals surface area (Å²) < 4.78 is 1.95. The van der Waals surface area contributed by atoms with E-state index in [0.717, 1.165) is 11.5 Å². The molecule has 2 aromatic rings. The van der Waals surface area contributed by atoms with Crippen LogP contribution in [0.5, 0.6) is 0 Å². The molecule has 6 nitrogen and oxygen atoms in total. The first-order chi connectivity index (χ1) is 9.90. The van der Waals surface area contributed by atoms with E-state index in [2.05, 4.69) is 4.98 Å². The molecule has 1 amide bonds. The van der Waals surface area contributed by atoms with Gasteiger partial charge in [-0.3, -0.25) is 4.79 Å². The van der Waals surface area contributed by atoms with E-state index in [1.807, 2.05) is 35.8 Å². The van der Waals surface area contributed by atoms with E-state index in [-0.39, 0.29) is 5.91 Å². The number of hydrogen-bond donors (Lipinski definition) is 1. The van der Waals surface area contributed by atoms with Crippen molar-refractivity contribution in [1.82, 2.24) is 14.5 Å². The number of rotatable bonds is 4. The number of nitrogens with zero attached hydrogens (tertiary/aromatic N) is 4. The Hall–Kier alpha value is -2.50. The summed E-state index contributed by atoms with van der Waals surface area (Å²) in [5, 5.41) is 0. The van der Waals surface area contributed by atoms with E-state index < -0.39 is 0 Å². The predicted octanol–water partition coefficient (Wildman–Crippen LogP) is 1.34. The molecule has 0 saturated carbocycles. The summed E-state index contributed by atoms with van der Waals surface area (Å²) in [6.45, 7) is 0.598. The summed E-state index contributed by atoms with van der Waals surface area (Å²) in [4.78, 5) is 20.1. The average molecular weight is 287 g/mol. The van der Waals surface area contributed by atoms with E-state index in [1.165, 1.54) is 0 Å². The lowest BCUT2D eigenvalue weighted by molar-refractivity contribution is 0.0828. The maximum absolute atomic E-state index is 12.3. The molecule has 0 bridgehead atoms. The van der Waals surface area contributed by atoms with Gasteiger partial charge in [0, 0.05) is 46.3 Å². The monoisotopic (exact) mass is 287 g/mol. The highest BCUT2D eigenvalue weighted by molar-refractivity contribution is 6.00. The zero-order valence-electron chi connectivity index (χ0n) is 12.9. The Bertz CT molecular complexity index is 647. The summed E-state index contributed by atoms with van der Waals surface area (Å²) in [5.74, 6) is 0.875. The smallest absolute Gasteiger partial charge is 0.255 e. The molecule has 1 aromatic heterocycles. The lowest BCUT2D eigenvalue weighted by Crippen LogP contribution is -2.26. The number of benzene rings is 1. The molecule has 0 aliphatic carbocycles. The third-order valence-electron chi connectivity index (χ3n) is 3.37. The lowest BCUT2D eigenvalue weighted by Gasteiger charge is -2.23. The van der Waals surface area contributed by atoms with Crippen LogP contribution in [0.4, 0.5) is 11.4 Å². The van der Waals surface area contributed by atoms with Crippen molar-refractivity contribution in [2.45, 2.75) is 6.54 Å². The van der Waals surface area contributed by atoms with Gasteiger partial charge in [0.05, 0.1) is 17.8 Å². The van der Waals surface area contributed by atoms with E-state index >= 15 is 0 Å². The fourth-order valence-electron chi connectivity index (χ4n) is 2.13. The van der Waals surface area contributed by atoms with Gasteiger partial charge in [0.15, 0.2) is 0 Å². The first-order valence-corrected chi connectivity index (χ1v) is 6.68. The molecular formula is C15H21N5O. The largest absolute Gasteiger partial charge is 0.399 e. The molecule has 0 atom stereocenters. The number of imidazole rings is 1. The van der Waals surface area contributed by atoms with Gasteiger partial charge < -0.3 is 20.1 Å². The lowest BCUT2D eigenvalue weighted by atomic mass is 10.1. The van der Waals surface area contributed by atoms with Crippen molar-refractivity contribution < 1.29 is 4.79 Å². The third-order valence-corrected chi connectivity index (χ3v) is 3.37. The van der Waals surface area contributed by atoms with Crippen molar-refractivity contribution in [3.63, 3.8) is 0 Å². The van der Waals surface area contributed by atoms with Gasteiger partial charge in [-0.25, -0.2) is 4.98 Å². The van der Waals surface area contributed by atoms with Gasteiger partial charge in [0.25, 0.3) is 5.91 Å². The Morgan fingerprint density at radius 3 is 2.62 bits per heavy atom. The number of carbonyl (C=O) groups excluding carboxylic acids is 1. The van der Waals surface area contributed by atoms with Crippen LogP contribution in [0.25, 0.3) is 0 Å². The summed E-state index contributed by atoms with van der Waals surface area (Å²) in [5.41, 5.74) is 7.94. The molecule has 0 fully saturated rings. The van der Waals surface area contributed by atoms with Crippen LogP contribution in [0, 0.1) is 0 Å². The van der Waals surface area contributed by atoms with Gasteiger partial charge in [-0.05, 0) is 18.2 Å². The van der Waals surface area contributed by atoms with Crippen LogP contribution in [0.1, 0.15) is 16.2 Å². The van der Waals surface area contributed by atoms with Crippen LogP contribution in [-0.4, -0.2) is 41.5 Å². The number of carbonyl (C=O) groups is 1. The van der Waals surface area contributed by atoms with Gasteiger partial charge in [0.2, 0.25) is 0 Å². The molecule has 0 radical (unpaired) electrons. The van der Waals surface area contributed by atoms with Crippen molar-refractivity contribution in [2.75, 3.05) is 31.8 Å². The van der Waals surface area contributed by atoms with E-state index in [9.17, 15) is 4.79 Å². The molecule has 21 heavy (non-hydrogen) atoms. The normalized spacial score (nSPS) is 10.5. The average Bonchev–Trinajstić information content (AvgIpc) is 2.83. The fourth-order valence-corrected chi connectivity index (χ4v) is 2.13. The topological polar surface area (TPSA) is 67.4 Å². The van der Waals surface area contributed by atoms with Gasteiger partial charge in [-0.15, -0.1) is 0 Å². The first-order valence-electron chi connectivity index (χ1n) is 6.68. The maximum atomic E-state index is 12.3. The van der Waals surface area contributed by atoms with Crippen molar-refractivity contribution in [2.24, 2.45) is 7.05 Å². The minimum Gasteiger partial charge on any atom is -0.399 e. The highest BCUT2D eigenvalue weighted by Gasteiger charge is 2.17. The van der Waals surface area contributed by atoms with Crippen molar-refractivity contribution in [1.29, 1.82) is 0 Å². The SMILES string of the molecule is CN(C)C(=O)c1ccc(N)cc1N(C)Cc1nccn1C. The second kappa shape index (κ2) is 5.87. The Morgan fingerprint density at radius 1 is 1.33 bits per heavy atom. The number of hydrogen-bond acceptors (Lipinski definition) is 4. The third kappa shape index (κ3) is 3.16. The predicted molar refractivity (Wildman–Crippen MR) is 84.2 cm³/mol. The Morgan fingerprint density at radius 2 is 2.05 bits per heavy atom. The number of aromatic nitrogens is 2. The molecule has 0 aliphatic heterocycles. The van der Waals surface area contributed by atoms with Gasteiger partial charge in [-0.2, -0.15) is 0 Å². The minimum absolute atomic E-state index is 0.0447. The van der Waals surface area contributed by atoms with Crippen LogP contribution in [0.15, 0.2) is 30.6 Å². The summed E-state index contributed by atoms with van der Waals surface area (Å²) in [6.07, 6.45) is 3.66. The molecular weight excluding hydrogens is 266 g/mol. The summed E-state index contributed by atoms with van der Waals surface area (Å²) >= 11 is 0. The van der Waals surface area contributed by atoms with E-state index in [0.29, 0.717) is 17.8 Å². The molecule has 2 rings (SSSR count). The van der Waals surface area contributed by atoms with Crippen LogP contribution in [0.2, 0.25) is 0 Å². The van der Waals surface area contributed by atoms with E-state index in [1.54, 1.807) is 37.3 Å². The Labute approximate surface area is 124 Å². The molecule has 0 unspecified atom stereocenters. The standard InChI is InChI=1S/C15H21N5O/c1-18(2)15(21)12-6-5-11(16)9-13(12)20(4)10-14-17-7-8-19(14)3/h5-9H,10,16H2,1-4H3. The van der Waals surface area contributed by atoms with Gasteiger partial charge >= 0.3 is 0 Å². The highest BCUT2D eigenvalue weighted by Crippen LogP contribution is 2.24. The van der Waals surface area contributed by atoms with Crippen LogP contribution >= 0.6 is 0 Å². The molecule has 1 heterocycles. The van der Waals surface area contributed by atoms with Crippen molar-refractivity contribution in [3.05, 3.63) is 42.0 Å². The molecule has 0 saturated heterocycles. The molecule has 6 heteroatoms. The highest BCUT2D eigenvalue weighted by atomic mass is 16.2. The summed E-state index contributed by atoms with van der Waals surface area (Å²) in [7, 11) is 7.35. The number of amides is 1. The Kier molecular flexibility index (Phi) is 4.16. The van der Waals surface area contributed by atoms with Crippen molar-refractivity contribution in [3.8, 4) is 0 Å². The Balaban J connectivity index is 2.35. The van der Waals surface area contributed by atoms with Gasteiger partial charge in [-0.1, -0.05) is 0 Å². The maximum Gasteiger partial charge on any atom is 0.255 e. The second-order valence-corrected chi connectivity index (χ2v) is 5.29. The zero-order valence-corrected chi connectivity index (χ0v) is 12.9. The number of aryl methyl sites for hydroxylation is 1. The van der Waals surface area contributed by atoms with Crippen LogP contribution < -0.4 is 10.6 Å². The zero-order chi connectivity index (χ0) is 15.6. The minimum atomic E-state index is -0.0447. The van der Waals surface area contributed by atoms with Crippen LogP contribution in [0.3, 0.4) is 0 Å². The number of anilines is 2. The van der Waals surface area contributed by atoms with Crippen LogP contribution in [-0.2, 0) is 13.6 Å². The number of nitrogens with two attached hydrogens (primary N) is 1. The molecule has 0 aliphatic rings. The van der Waals surface area contributed by atoms with Crippen molar-refractivity contribution >= 4 is 17.3 Å². The number of nitrogen functional groups attached to an aromatic ring is 1. The molecule has 1 aromatic carbocycles. The first kappa shape index (κ1) is 14.9. The van der Waals surface area contributed by atoms with E-state index in [4.69, 9.17) is 5.73 Å². The molecule has 0 spiro atoms. The van der Waals surface area contributed by atoms with Gasteiger partial charge in [0.1, 0.15) is 5.82 Å². The molecule has 112 valence electrons. The fraction of sp³-hybridized carbons (Fsp3) is 0.333. The quantitative estimate of drug-likeness (QED) is 0.862. The summed E-state index contributed by atoms with van der Waals surface area (Å²) in [6, 6.07) is 5.33. The second-order valence-electron chi connectivity index (χ2n) is 5.29. The molecule has 2 N–H and O–H groups in total.